The maximum atomic E-state index is 11.9. The van der Waals surface area contributed by atoms with Gasteiger partial charge in [0.1, 0.15) is 11.6 Å². The van der Waals surface area contributed by atoms with Crippen molar-refractivity contribution in [3.63, 3.8) is 0 Å². The molecule has 1 aromatic carbocycles. The Morgan fingerprint density at radius 1 is 1.32 bits per heavy atom. The molecule has 0 radical (unpaired) electrons. The number of benzene rings is 1. The lowest BCUT2D eigenvalue weighted by atomic mass is 10.1. The van der Waals surface area contributed by atoms with Gasteiger partial charge in [0.15, 0.2) is 0 Å². The van der Waals surface area contributed by atoms with Crippen molar-refractivity contribution in [2.45, 2.75) is 32.6 Å². The van der Waals surface area contributed by atoms with E-state index in [2.05, 4.69) is 17.6 Å². The number of carbonyl (C=O) groups is 1. The fourth-order valence-corrected chi connectivity index (χ4v) is 2.26. The molecule has 0 bridgehead atoms. The van der Waals surface area contributed by atoms with Gasteiger partial charge in [0.2, 0.25) is 0 Å². The van der Waals surface area contributed by atoms with Crippen LogP contribution in [0.2, 0.25) is 5.02 Å². The summed E-state index contributed by atoms with van der Waals surface area (Å²) in [7, 11) is 0. The first-order chi connectivity index (χ1) is 12.2. The molecular weight excluding hydrogens is 338 g/mol. The Labute approximate surface area is 155 Å². The first kappa shape index (κ1) is 21.0. The van der Waals surface area contributed by atoms with Gasteiger partial charge in [-0.25, -0.2) is 0 Å². The first-order valence-corrected chi connectivity index (χ1v) is 8.99. The van der Waals surface area contributed by atoms with Crippen molar-refractivity contribution in [3.05, 3.63) is 46.6 Å². The average molecular weight is 364 g/mol. The third-order valence-corrected chi connectivity index (χ3v) is 3.69. The number of hydrogen-bond donors (Lipinski definition) is 2. The van der Waals surface area contributed by atoms with Gasteiger partial charge >= 0.3 is 0 Å². The van der Waals surface area contributed by atoms with E-state index in [9.17, 15) is 4.79 Å². The highest BCUT2D eigenvalue weighted by atomic mass is 35.5. The Morgan fingerprint density at radius 3 is 2.84 bits per heavy atom. The van der Waals surface area contributed by atoms with Gasteiger partial charge in [-0.15, -0.1) is 0 Å². The molecule has 1 aromatic rings. The zero-order valence-corrected chi connectivity index (χ0v) is 15.4. The van der Waals surface area contributed by atoms with Gasteiger partial charge in [-0.3, -0.25) is 4.79 Å². The van der Waals surface area contributed by atoms with Gasteiger partial charge in [0.05, 0.1) is 0 Å². The quantitative estimate of drug-likeness (QED) is 0.340. The second-order valence-electron chi connectivity index (χ2n) is 5.58. The first-order valence-electron chi connectivity index (χ1n) is 8.61. The lowest BCUT2D eigenvalue weighted by Gasteiger charge is -2.06. The smallest absolute Gasteiger partial charge is 0.263 e. The maximum Gasteiger partial charge on any atom is 0.263 e. The molecule has 0 aliphatic carbocycles. The van der Waals surface area contributed by atoms with Crippen LogP contribution in [-0.4, -0.2) is 32.2 Å². The lowest BCUT2D eigenvalue weighted by molar-refractivity contribution is -0.117. The van der Waals surface area contributed by atoms with Crippen LogP contribution in [0, 0.1) is 11.3 Å². The van der Waals surface area contributed by atoms with Crippen molar-refractivity contribution in [2.24, 2.45) is 0 Å². The topological polar surface area (TPSA) is 74.1 Å². The molecule has 25 heavy (non-hydrogen) atoms. The molecule has 0 spiro atoms. The number of nitriles is 1. The number of nitrogens with zero attached hydrogens (tertiary/aromatic N) is 1. The zero-order valence-electron chi connectivity index (χ0n) is 14.7. The molecule has 0 saturated carbocycles. The standard InChI is InChI=1S/C19H26ClN3O2/c1-2-3-11-25-12-5-9-23-19(24)17(14-21)15-22-10-8-16-6-4-7-18(20)13-16/h4,6-7,13,15,22H,2-3,5,8-12H2,1H3,(H,23,24)/b17-15-. The number of amides is 1. The Kier molecular flexibility index (Phi) is 11.2. The minimum atomic E-state index is -0.369. The fraction of sp³-hybridized carbons (Fsp3) is 0.474. The van der Waals surface area contributed by atoms with E-state index in [0.29, 0.717) is 24.7 Å². The van der Waals surface area contributed by atoms with E-state index in [-0.39, 0.29) is 11.5 Å². The zero-order chi connectivity index (χ0) is 18.3. The highest BCUT2D eigenvalue weighted by Crippen LogP contribution is 2.10. The number of ether oxygens (including phenoxy) is 1. The lowest BCUT2D eigenvalue weighted by Crippen LogP contribution is -2.27. The molecule has 5 nitrogen and oxygen atoms in total. The molecule has 0 heterocycles. The Hall–Kier alpha value is -2.03. The summed E-state index contributed by atoms with van der Waals surface area (Å²) in [5, 5.41) is 15.5. The summed E-state index contributed by atoms with van der Waals surface area (Å²) in [4.78, 5) is 11.9. The number of rotatable bonds is 12. The van der Waals surface area contributed by atoms with Gasteiger partial charge in [-0.2, -0.15) is 5.26 Å². The third kappa shape index (κ3) is 9.75. The Bertz CT molecular complexity index is 597. The van der Waals surface area contributed by atoms with Crippen LogP contribution < -0.4 is 10.6 Å². The molecule has 1 amide bonds. The van der Waals surface area contributed by atoms with E-state index in [1.807, 2.05) is 30.3 Å². The highest BCUT2D eigenvalue weighted by molar-refractivity contribution is 6.30. The summed E-state index contributed by atoms with van der Waals surface area (Å²) in [6, 6.07) is 9.51. The molecule has 0 saturated heterocycles. The van der Waals surface area contributed by atoms with Crippen molar-refractivity contribution in [2.75, 3.05) is 26.3 Å². The van der Waals surface area contributed by atoms with Gasteiger partial charge in [0.25, 0.3) is 5.91 Å². The summed E-state index contributed by atoms with van der Waals surface area (Å²) in [6.45, 7) is 4.59. The van der Waals surface area contributed by atoms with Crippen molar-refractivity contribution < 1.29 is 9.53 Å². The van der Waals surface area contributed by atoms with Gasteiger partial charge in [-0.05, 0) is 37.0 Å². The van der Waals surface area contributed by atoms with Crippen LogP contribution in [0.5, 0.6) is 0 Å². The monoisotopic (exact) mass is 363 g/mol. The van der Waals surface area contributed by atoms with Crippen LogP contribution in [-0.2, 0) is 16.0 Å². The molecule has 0 atom stereocenters. The Morgan fingerprint density at radius 2 is 2.12 bits per heavy atom. The van der Waals surface area contributed by atoms with Crippen LogP contribution >= 0.6 is 11.6 Å². The van der Waals surface area contributed by atoms with E-state index in [1.165, 1.54) is 6.20 Å². The van der Waals surface area contributed by atoms with E-state index >= 15 is 0 Å². The third-order valence-electron chi connectivity index (χ3n) is 3.45. The molecule has 6 heteroatoms. The van der Waals surface area contributed by atoms with Crippen LogP contribution in [0.15, 0.2) is 36.0 Å². The molecule has 0 aliphatic heterocycles. The van der Waals surface area contributed by atoms with E-state index in [1.54, 1.807) is 0 Å². The van der Waals surface area contributed by atoms with Crippen molar-refractivity contribution in [1.82, 2.24) is 10.6 Å². The van der Waals surface area contributed by atoms with Gasteiger partial charge < -0.3 is 15.4 Å². The molecule has 1 rings (SSSR count). The predicted molar refractivity (Wildman–Crippen MR) is 100 cm³/mol. The summed E-state index contributed by atoms with van der Waals surface area (Å²) < 4.78 is 5.42. The molecule has 0 fully saturated rings. The number of nitrogens with one attached hydrogen (secondary N) is 2. The minimum absolute atomic E-state index is 0.0676. The molecular formula is C19H26ClN3O2. The minimum Gasteiger partial charge on any atom is -0.389 e. The maximum absolute atomic E-state index is 11.9. The predicted octanol–water partition coefficient (Wildman–Crippen LogP) is 3.20. The SMILES string of the molecule is CCCCOCCCNC(=O)/C(C#N)=C\NCCc1cccc(Cl)c1. The van der Waals surface area contributed by atoms with E-state index in [4.69, 9.17) is 21.6 Å². The van der Waals surface area contributed by atoms with E-state index < -0.39 is 0 Å². The number of hydrogen-bond acceptors (Lipinski definition) is 4. The molecule has 2 N–H and O–H groups in total. The second-order valence-corrected chi connectivity index (χ2v) is 6.02. The molecule has 136 valence electrons. The Balaban J connectivity index is 2.23. The molecule has 0 aliphatic rings. The average Bonchev–Trinajstić information content (AvgIpc) is 2.61. The summed E-state index contributed by atoms with van der Waals surface area (Å²) >= 11 is 5.93. The van der Waals surface area contributed by atoms with Crippen molar-refractivity contribution in [3.8, 4) is 6.07 Å². The van der Waals surface area contributed by atoms with E-state index in [0.717, 1.165) is 37.9 Å². The van der Waals surface area contributed by atoms with Gasteiger partial charge in [0, 0.05) is 37.5 Å². The highest BCUT2D eigenvalue weighted by Gasteiger charge is 2.07. The fourth-order valence-electron chi connectivity index (χ4n) is 2.05. The number of halogens is 1. The molecule has 0 unspecified atom stereocenters. The molecule has 0 aromatic heterocycles. The van der Waals surface area contributed by atoms with Crippen LogP contribution in [0.1, 0.15) is 31.7 Å². The second kappa shape index (κ2) is 13.3. The van der Waals surface area contributed by atoms with Gasteiger partial charge in [-0.1, -0.05) is 37.1 Å². The summed E-state index contributed by atoms with van der Waals surface area (Å²) in [6.07, 6.45) is 5.10. The normalized spacial score (nSPS) is 11.0. The van der Waals surface area contributed by atoms with Crippen LogP contribution in [0.4, 0.5) is 0 Å². The van der Waals surface area contributed by atoms with Crippen molar-refractivity contribution >= 4 is 17.5 Å². The number of unbranched alkanes of at least 4 members (excludes halogenated alkanes) is 1. The largest absolute Gasteiger partial charge is 0.389 e. The van der Waals surface area contributed by atoms with Crippen molar-refractivity contribution in [1.29, 1.82) is 5.26 Å². The number of carbonyl (C=O) groups excluding carboxylic acids is 1. The summed E-state index contributed by atoms with van der Waals surface area (Å²) in [5.74, 6) is -0.369. The van der Waals surface area contributed by atoms with Crippen LogP contribution in [0.25, 0.3) is 0 Å². The van der Waals surface area contributed by atoms with Crippen LogP contribution in [0.3, 0.4) is 0 Å². The summed E-state index contributed by atoms with van der Waals surface area (Å²) in [5.41, 5.74) is 1.16.